The van der Waals surface area contributed by atoms with Gasteiger partial charge in [0.2, 0.25) is 0 Å². The Hall–Kier alpha value is -3.03. The Morgan fingerprint density at radius 3 is 0.438 bits per heavy atom. The van der Waals surface area contributed by atoms with Crippen molar-refractivity contribution in [2.75, 3.05) is 26.4 Å². The first-order valence-electron chi connectivity index (χ1n) is 24.5. The van der Waals surface area contributed by atoms with E-state index in [9.17, 15) is 59.4 Å². The first-order valence-corrected chi connectivity index (χ1v) is 24.5. The van der Waals surface area contributed by atoms with Crippen molar-refractivity contribution in [3.05, 3.63) is 71.0 Å². The normalized spacial score (nSPS) is 13.7. The molecular weight excluding hydrogens is 1160 g/mol. The van der Waals surface area contributed by atoms with Crippen LogP contribution >= 0.6 is 0 Å². The van der Waals surface area contributed by atoms with Crippen molar-refractivity contribution < 1.29 is 189 Å². The molecule has 0 spiro atoms. The van der Waals surface area contributed by atoms with Crippen LogP contribution in [0, 0.1) is 0 Å². The van der Waals surface area contributed by atoms with Gasteiger partial charge < -0.3 is 68.5 Å². The number of carbonyl (C=O) groups excluding carboxylic acids is 6. The third-order valence-electron chi connectivity index (χ3n) is 6.02. The van der Waals surface area contributed by atoms with E-state index in [4.69, 9.17) is 37.9 Å². The molecule has 0 amide bonds. The predicted molar refractivity (Wildman–Crippen MR) is 278 cm³/mol. The van der Waals surface area contributed by atoms with Crippen molar-refractivity contribution in [2.24, 2.45) is 0 Å². The van der Waals surface area contributed by atoms with E-state index in [-0.39, 0.29) is 127 Å². The van der Waals surface area contributed by atoms with Gasteiger partial charge in [0.05, 0.1) is 0 Å². The van der Waals surface area contributed by atoms with Gasteiger partial charge in [-0.25, -0.2) is 28.8 Å². The van der Waals surface area contributed by atoms with Crippen molar-refractivity contribution in [3.8, 4) is 0 Å². The second-order valence-electron chi connectivity index (χ2n) is 22.4. The molecule has 0 aromatic heterocycles. The molecule has 2 aliphatic rings. The van der Waals surface area contributed by atoms with E-state index in [1.54, 1.807) is 125 Å². The standard InChI is InChI=1S/6C8H14O3.2C4H8O.2Na.2Ni/c6*1-6(9)5-7(10)11-8(2,3)4;2*1-2-4-5-3-1;;;;/h6*5,9H,1-4H3;2*1-4H2;;;;/q;;;;;;;;2*+1;2*+2/p-6/b6*6-5-;;;;;;. The number of rotatable bonds is 6. The van der Waals surface area contributed by atoms with Crippen molar-refractivity contribution in [2.45, 2.75) is 225 Å². The first-order chi connectivity index (χ1) is 33.9. The molecule has 0 atom stereocenters. The molecule has 24 heteroatoms. The fraction of sp³-hybridized carbons (Fsp3) is 0.679. The summed E-state index contributed by atoms with van der Waals surface area (Å²) in [5, 5.41) is 62.3. The maximum absolute atomic E-state index is 10.8. The van der Waals surface area contributed by atoms with Crippen LogP contribution in [0.25, 0.3) is 0 Å². The molecule has 0 aromatic carbocycles. The van der Waals surface area contributed by atoms with Gasteiger partial charge in [-0.3, -0.25) is 0 Å². The van der Waals surface area contributed by atoms with Crippen LogP contribution in [0.2, 0.25) is 0 Å². The van der Waals surface area contributed by atoms with Crippen LogP contribution in [0.4, 0.5) is 0 Å². The van der Waals surface area contributed by atoms with Crippen molar-refractivity contribution in [3.63, 3.8) is 0 Å². The average molecular weight is 1250 g/mol. The van der Waals surface area contributed by atoms with Gasteiger partial charge in [0.15, 0.2) is 0 Å². The summed E-state index contributed by atoms with van der Waals surface area (Å²) in [4.78, 5) is 64.6. The first kappa shape index (κ1) is 99.0. The van der Waals surface area contributed by atoms with Gasteiger partial charge in [0.1, 0.15) is 33.6 Å². The molecule has 0 aromatic rings. The molecule has 80 heavy (non-hydrogen) atoms. The summed E-state index contributed by atoms with van der Waals surface area (Å²) in [7, 11) is 0. The smallest absolute Gasteiger partial charge is 0.875 e. The summed E-state index contributed by atoms with van der Waals surface area (Å²) in [5.74, 6) is -5.23. The van der Waals surface area contributed by atoms with Crippen molar-refractivity contribution >= 4 is 35.8 Å². The maximum atomic E-state index is 10.8. The predicted octanol–water partition coefficient (Wildman–Crippen LogP) is -0.850. The Balaban J connectivity index is -0.0000000878. The monoisotopic (exact) mass is 1250 g/mol. The van der Waals surface area contributed by atoms with Crippen LogP contribution in [0.3, 0.4) is 0 Å². The van der Waals surface area contributed by atoms with Gasteiger partial charge in [0, 0.05) is 62.9 Å². The molecule has 460 valence electrons. The number of carbonyl (C=O) groups is 6. The molecule has 20 nitrogen and oxygen atoms in total. The number of hydrogen-bond acceptors (Lipinski definition) is 20. The molecule has 2 rings (SSSR count). The second kappa shape index (κ2) is 51.6. The van der Waals surface area contributed by atoms with Crippen LogP contribution in [-0.2, 0) is 99.6 Å². The van der Waals surface area contributed by atoms with E-state index in [2.05, 4.69) is 0 Å². The summed E-state index contributed by atoms with van der Waals surface area (Å²) in [6.45, 7) is 43.3. The van der Waals surface area contributed by atoms with Gasteiger partial charge >= 0.3 is 128 Å². The topological polar surface area (TPSA) is 315 Å². The number of allylic oxidation sites excluding steroid dienone is 6. The van der Waals surface area contributed by atoms with Crippen LogP contribution in [0.15, 0.2) is 71.0 Å². The molecular formula is C56H94Na2Ni2O20. The fourth-order valence-electron chi connectivity index (χ4n) is 4.00. The zero-order valence-electron chi connectivity index (χ0n) is 52.9. The zero-order valence-corrected chi connectivity index (χ0v) is 58.9. The third kappa shape index (κ3) is 110. The second-order valence-corrected chi connectivity index (χ2v) is 22.4. The number of esters is 6. The largest absolute Gasteiger partial charge is 2.00 e. The van der Waals surface area contributed by atoms with E-state index in [1.807, 2.05) is 0 Å². The molecule has 2 aliphatic heterocycles. The minimum absolute atomic E-state index is 0. The SMILES string of the molecule is C/C([O-])=C/C(=O)OC(C)(C)C.C/C([O-])=C/C(=O)OC(C)(C)C.C/C([O-])=C/C(=O)OC(C)(C)C.C/C([O-])=C/C(=O)OC(C)(C)C.C/C([O-])=C/C(=O)OC(C)(C)C.C/C([O-])=C/C(=O)OC(C)(C)C.C1CCOC1.C1CCOC1.[Na+].[Na+].[Ni+2].[Ni+2]. The van der Waals surface area contributed by atoms with Gasteiger partial charge in [-0.2, -0.15) is 0 Å². The Kier molecular flexibility index (Phi) is 63.9. The van der Waals surface area contributed by atoms with E-state index in [0.717, 1.165) is 62.9 Å². The molecule has 2 fully saturated rings. The molecule has 0 radical (unpaired) electrons. The van der Waals surface area contributed by atoms with Crippen molar-refractivity contribution in [1.29, 1.82) is 0 Å². The summed E-state index contributed by atoms with van der Waals surface area (Å²) in [5.41, 5.74) is -3.15. The molecule has 2 heterocycles. The van der Waals surface area contributed by atoms with Crippen LogP contribution in [0.5, 0.6) is 0 Å². The molecule has 2 saturated heterocycles. The van der Waals surface area contributed by atoms with Gasteiger partial charge in [-0.1, -0.05) is 41.5 Å². The minimum atomic E-state index is -0.579. The van der Waals surface area contributed by atoms with E-state index >= 15 is 0 Å². The Bertz CT molecular complexity index is 1520. The molecule has 0 N–H and O–H groups in total. The average Bonchev–Trinajstić information content (AvgIpc) is 3.87. The van der Waals surface area contributed by atoms with Crippen molar-refractivity contribution in [1.82, 2.24) is 0 Å². The van der Waals surface area contributed by atoms with Crippen LogP contribution in [-0.4, -0.2) is 95.8 Å². The van der Waals surface area contributed by atoms with Gasteiger partial charge in [-0.15, -0.1) is 34.6 Å². The van der Waals surface area contributed by atoms with Gasteiger partial charge in [-0.05, 0) is 150 Å². The summed E-state index contributed by atoms with van der Waals surface area (Å²) in [6.07, 6.45) is 10.7. The molecule has 0 unspecified atom stereocenters. The molecule has 0 saturated carbocycles. The third-order valence-corrected chi connectivity index (χ3v) is 6.02. The van der Waals surface area contributed by atoms with Crippen LogP contribution in [0.1, 0.15) is 192 Å². The van der Waals surface area contributed by atoms with Crippen LogP contribution < -0.4 is 89.8 Å². The van der Waals surface area contributed by atoms with Gasteiger partial charge in [0.25, 0.3) is 0 Å². The summed E-state index contributed by atoms with van der Waals surface area (Å²) < 4.78 is 38.9. The molecule has 0 aliphatic carbocycles. The summed E-state index contributed by atoms with van der Waals surface area (Å²) >= 11 is 0. The Morgan fingerprint density at radius 1 is 0.287 bits per heavy atom. The fourth-order valence-corrected chi connectivity index (χ4v) is 4.00. The van der Waals surface area contributed by atoms with E-state index < -0.39 is 69.4 Å². The van der Waals surface area contributed by atoms with E-state index in [1.165, 1.54) is 67.2 Å². The minimum Gasteiger partial charge on any atom is -0.875 e. The zero-order chi connectivity index (χ0) is 61.5. The molecule has 0 bridgehead atoms. The Labute approximate surface area is 543 Å². The van der Waals surface area contributed by atoms with E-state index in [0.29, 0.717) is 0 Å². The summed E-state index contributed by atoms with van der Waals surface area (Å²) in [6, 6.07) is 0. The number of hydrogen-bond donors (Lipinski definition) is 0. The quantitative estimate of drug-likeness (QED) is 0.103. The Morgan fingerprint density at radius 2 is 0.388 bits per heavy atom. The number of ether oxygens (including phenoxy) is 8. The maximum Gasteiger partial charge on any atom is 2.00 e.